The molecule has 0 atom stereocenters. The molecule has 4 nitrogen and oxygen atoms in total. The highest BCUT2D eigenvalue weighted by Gasteiger charge is 2.27. The first-order valence-electron chi connectivity index (χ1n) is 5.78. The van der Waals surface area contributed by atoms with Crippen molar-refractivity contribution in [3.05, 3.63) is 36.0 Å². The molecule has 1 fully saturated rings. The Morgan fingerprint density at radius 1 is 1.35 bits per heavy atom. The van der Waals surface area contributed by atoms with E-state index in [1.807, 2.05) is 30.3 Å². The monoisotopic (exact) mass is 229 g/mol. The zero-order valence-corrected chi connectivity index (χ0v) is 9.76. The zero-order valence-electron chi connectivity index (χ0n) is 9.76. The maximum atomic E-state index is 5.99. The van der Waals surface area contributed by atoms with Gasteiger partial charge in [0.25, 0.3) is 0 Å². The molecular weight excluding hydrogens is 214 g/mol. The molecule has 88 valence electrons. The molecule has 1 aromatic heterocycles. The summed E-state index contributed by atoms with van der Waals surface area (Å²) in [7, 11) is 1.65. The number of hydrogen-bond acceptors (Lipinski definition) is 3. The van der Waals surface area contributed by atoms with E-state index in [0.717, 1.165) is 17.1 Å². The zero-order chi connectivity index (χ0) is 11.8. The van der Waals surface area contributed by atoms with Crippen LogP contribution in [0.5, 0.6) is 5.75 Å². The third-order valence-electron chi connectivity index (χ3n) is 3.05. The summed E-state index contributed by atoms with van der Waals surface area (Å²) in [4.78, 5) is 0. The number of ether oxygens (including phenoxy) is 1. The second-order valence-electron chi connectivity index (χ2n) is 4.38. The van der Waals surface area contributed by atoms with Crippen molar-refractivity contribution in [2.75, 3.05) is 12.8 Å². The fourth-order valence-corrected chi connectivity index (χ4v) is 1.94. The molecule has 0 bridgehead atoms. The van der Waals surface area contributed by atoms with Crippen LogP contribution >= 0.6 is 0 Å². The van der Waals surface area contributed by atoms with Crippen molar-refractivity contribution in [2.24, 2.45) is 0 Å². The van der Waals surface area contributed by atoms with Gasteiger partial charge in [-0.3, -0.25) is 0 Å². The van der Waals surface area contributed by atoms with Crippen LogP contribution in [0.25, 0.3) is 5.69 Å². The Balaban J connectivity index is 2.01. The van der Waals surface area contributed by atoms with Crippen molar-refractivity contribution < 1.29 is 4.74 Å². The fourth-order valence-electron chi connectivity index (χ4n) is 1.94. The van der Waals surface area contributed by atoms with Gasteiger partial charge in [0.1, 0.15) is 11.6 Å². The summed E-state index contributed by atoms with van der Waals surface area (Å²) < 4.78 is 6.97. The topological polar surface area (TPSA) is 53.1 Å². The minimum absolute atomic E-state index is 0.615. The lowest BCUT2D eigenvalue weighted by molar-refractivity contribution is 0.414. The lowest BCUT2D eigenvalue weighted by Gasteiger charge is -2.05. The summed E-state index contributed by atoms with van der Waals surface area (Å²) in [6.45, 7) is 0. The summed E-state index contributed by atoms with van der Waals surface area (Å²) >= 11 is 0. The maximum absolute atomic E-state index is 5.99. The minimum Gasteiger partial charge on any atom is -0.497 e. The fraction of sp³-hybridized carbons (Fsp3) is 0.308. The van der Waals surface area contributed by atoms with Crippen molar-refractivity contribution in [2.45, 2.75) is 18.8 Å². The van der Waals surface area contributed by atoms with E-state index in [1.165, 1.54) is 12.8 Å². The Kier molecular flexibility index (Phi) is 2.28. The van der Waals surface area contributed by atoms with Gasteiger partial charge in [0.2, 0.25) is 0 Å². The van der Waals surface area contributed by atoms with Crippen LogP contribution in [0.4, 0.5) is 5.82 Å². The predicted octanol–water partition coefficient (Wildman–Crippen LogP) is 2.34. The summed E-state index contributed by atoms with van der Waals surface area (Å²) in [5.41, 5.74) is 8.03. The van der Waals surface area contributed by atoms with E-state index in [9.17, 15) is 0 Å². The first kappa shape index (κ1) is 10.2. The molecule has 0 amide bonds. The van der Waals surface area contributed by atoms with E-state index < -0.39 is 0 Å². The van der Waals surface area contributed by atoms with Gasteiger partial charge in [-0.1, -0.05) is 6.07 Å². The molecule has 0 saturated heterocycles. The minimum atomic E-state index is 0.615. The molecule has 3 rings (SSSR count). The quantitative estimate of drug-likeness (QED) is 0.878. The number of hydrogen-bond donors (Lipinski definition) is 1. The predicted molar refractivity (Wildman–Crippen MR) is 66.5 cm³/mol. The first-order chi connectivity index (χ1) is 8.28. The molecule has 2 aromatic rings. The molecule has 1 aliphatic carbocycles. The Bertz CT molecular complexity index is 543. The van der Waals surface area contributed by atoms with E-state index in [-0.39, 0.29) is 0 Å². The van der Waals surface area contributed by atoms with E-state index in [1.54, 1.807) is 11.8 Å². The van der Waals surface area contributed by atoms with Crippen LogP contribution < -0.4 is 10.5 Å². The highest BCUT2D eigenvalue weighted by atomic mass is 16.5. The van der Waals surface area contributed by atoms with Gasteiger partial charge in [0.05, 0.1) is 18.5 Å². The molecule has 2 N–H and O–H groups in total. The molecule has 1 heterocycles. The number of aromatic nitrogens is 2. The molecule has 1 saturated carbocycles. The van der Waals surface area contributed by atoms with E-state index in [4.69, 9.17) is 10.5 Å². The van der Waals surface area contributed by atoms with Gasteiger partial charge in [0, 0.05) is 18.1 Å². The number of rotatable bonds is 3. The number of anilines is 1. The van der Waals surface area contributed by atoms with Gasteiger partial charge in [-0.05, 0) is 25.0 Å². The molecule has 1 aliphatic rings. The summed E-state index contributed by atoms with van der Waals surface area (Å²) in [6.07, 6.45) is 2.46. The average Bonchev–Trinajstić information content (AvgIpc) is 3.13. The van der Waals surface area contributed by atoms with Crippen LogP contribution in [0.2, 0.25) is 0 Å². The van der Waals surface area contributed by atoms with Crippen molar-refractivity contribution in [1.82, 2.24) is 9.78 Å². The highest BCUT2D eigenvalue weighted by molar-refractivity contribution is 5.46. The average molecular weight is 229 g/mol. The molecule has 0 unspecified atom stereocenters. The second-order valence-corrected chi connectivity index (χ2v) is 4.38. The number of methoxy groups -OCH3 is 1. The van der Waals surface area contributed by atoms with Crippen LogP contribution in [0, 0.1) is 0 Å². The van der Waals surface area contributed by atoms with Crippen molar-refractivity contribution >= 4 is 5.82 Å². The van der Waals surface area contributed by atoms with E-state index >= 15 is 0 Å². The highest BCUT2D eigenvalue weighted by Crippen LogP contribution is 2.40. The van der Waals surface area contributed by atoms with Crippen molar-refractivity contribution in [3.8, 4) is 11.4 Å². The Labute approximate surface area is 100 Å². The third-order valence-corrected chi connectivity index (χ3v) is 3.05. The van der Waals surface area contributed by atoms with Crippen LogP contribution in [-0.4, -0.2) is 16.9 Å². The summed E-state index contributed by atoms with van der Waals surface area (Å²) in [5.74, 6) is 2.11. The Morgan fingerprint density at radius 2 is 2.18 bits per heavy atom. The molecule has 0 spiro atoms. The molecule has 17 heavy (non-hydrogen) atoms. The molecule has 1 aromatic carbocycles. The van der Waals surface area contributed by atoms with Crippen molar-refractivity contribution in [3.63, 3.8) is 0 Å². The maximum Gasteiger partial charge on any atom is 0.127 e. The Hall–Kier alpha value is -1.97. The van der Waals surface area contributed by atoms with E-state index in [0.29, 0.717) is 11.7 Å². The van der Waals surface area contributed by atoms with Gasteiger partial charge >= 0.3 is 0 Å². The largest absolute Gasteiger partial charge is 0.497 e. The number of nitrogen functional groups attached to an aromatic ring is 1. The first-order valence-corrected chi connectivity index (χ1v) is 5.78. The number of nitrogens with zero attached hydrogens (tertiary/aromatic N) is 2. The van der Waals surface area contributed by atoms with Crippen LogP contribution in [-0.2, 0) is 0 Å². The van der Waals surface area contributed by atoms with Gasteiger partial charge in [-0.2, -0.15) is 5.10 Å². The second kappa shape index (κ2) is 3.80. The van der Waals surface area contributed by atoms with Gasteiger partial charge < -0.3 is 10.5 Å². The Morgan fingerprint density at radius 3 is 2.88 bits per heavy atom. The van der Waals surface area contributed by atoms with Crippen LogP contribution in [0.15, 0.2) is 30.3 Å². The number of benzene rings is 1. The molecular formula is C13H15N3O. The van der Waals surface area contributed by atoms with Gasteiger partial charge in [-0.25, -0.2) is 4.68 Å². The summed E-state index contributed by atoms with van der Waals surface area (Å²) in [5, 5.41) is 4.55. The SMILES string of the molecule is COc1cccc(-n2nc(C3CC3)cc2N)c1. The third kappa shape index (κ3) is 1.86. The van der Waals surface area contributed by atoms with Gasteiger partial charge in [0.15, 0.2) is 0 Å². The molecule has 0 aliphatic heterocycles. The lowest BCUT2D eigenvalue weighted by Crippen LogP contribution is -2.02. The summed E-state index contributed by atoms with van der Waals surface area (Å²) in [6, 6.07) is 9.72. The lowest BCUT2D eigenvalue weighted by atomic mass is 10.3. The van der Waals surface area contributed by atoms with E-state index in [2.05, 4.69) is 5.10 Å². The van der Waals surface area contributed by atoms with Crippen LogP contribution in [0.3, 0.4) is 0 Å². The molecule has 0 radical (unpaired) electrons. The standard InChI is InChI=1S/C13H15N3O/c1-17-11-4-2-3-10(7-11)16-13(14)8-12(15-16)9-5-6-9/h2-4,7-9H,5-6,14H2,1H3. The number of nitrogens with two attached hydrogens (primary N) is 1. The molecule has 4 heteroatoms. The van der Waals surface area contributed by atoms with Crippen molar-refractivity contribution in [1.29, 1.82) is 0 Å². The van der Waals surface area contributed by atoms with Gasteiger partial charge in [-0.15, -0.1) is 0 Å². The smallest absolute Gasteiger partial charge is 0.127 e. The normalized spacial score (nSPS) is 14.9. The van der Waals surface area contributed by atoms with Crippen LogP contribution in [0.1, 0.15) is 24.5 Å².